The van der Waals surface area contributed by atoms with E-state index in [0.29, 0.717) is 43.3 Å². The largest absolute Gasteiger partial charge is 0.465 e. The highest BCUT2D eigenvalue weighted by Crippen LogP contribution is 2.37. The molecule has 1 N–H and O–H groups in total. The first-order valence-electron chi connectivity index (χ1n) is 10.3. The van der Waals surface area contributed by atoms with Gasteiger partial charge in [-0.15, -0.1) is 0 Å². The number of hydrogen-bond donors (Lipinski definition) is 1. The lowest BCUT2D eigenvalue weighted by molar-refractivity contribution is -0.142. The van der Waals surface area contributed by atoms with Gasteiger partial charge in [0.25, 0.3) is 5.91 Å². The second kappa shape index (κ2) is 8.91. The van der Waals surface area contributed by atoms with Crippen molar-refractivity contribution in [3.8, 4) is 11.5 Å². The van der Waals surface area contributed by atoms with E-state index in [1.54, 1.807) is 6.07 Å². The number of rotatable bonds is 5. The molecule has 3 heterocycles. The first-order valence-corrected chi connectivity index (χ1v) is 10.3. The lowest BCUT2D eigenvalue weighted by Gasteiger charge is -2.33. The van der Waals surface area contributed by atoms with Crippen LogP contribution in [0.15, 0.2) is 12.1 Å². The smallest absolute Gasteiger partial charge is 0.340 e. The number of fused-ring (bicyclic) bond motifs is 1. The molecular formula is C21H26N2O7. The van der Waals surface area contributed by atoms with Gasteiger partial charge in [0.05, 0.1) is 18.4 Å². The van der Waals surface area contributed by atoms with Crippen LogP contribution in [0.4, 0.5) is 5.69 Å². The minimum atomic E-state index is -0.565. The van der Waals surface area contributed by atoms with E-state index in [1.165, 1.54) is 13.2 Å². The third-order valence-corrected chi connectivity index (χ3v) is 5.80. The zero-order valence-corrected chi connectivity index (χ0v) is 17.0. The van der Waals surface area contributed by atoms with E-state index in [2.05, 4.69) is 5.32 Å². The zero-order valence-electron chi connectivity index (χ0n) is 17.0. The molecule has 9 nitrogen and oxygen atoms in total. The quantitative estimate of drug-likeness (QED) is 0.729. The lowest BCUT2D eigenvalue weighted by Crippen LogP contribution is -2.44. The Morgan fingerprint density at radius 3 is 2.53 bits per heavy atom. The molecule has 4 rings (SSSR count). The Morgan fingerprint density at radius 2 is 1.87 bits per heavy atom. The summed E-state index contributed by atoms with van der Waals surface area (Å²) in [6.45, 7) is 1.99. The van der Waals surface area contributed by atoms with Gasteiger partial charge < -0.3 is 29.2 Å². The summed E-state index contributed by atoms with van der Waals surface area (Å²) in [6, 6.07) is 3.09. The monoisotopic (exact) mass is 418 g/mol. The van der Waals surface area contributed by atoms with Crippen molar-refractivity contribution >= 4 is 23.5 Å². The van der Waals surface area contributed by atoms with Crippen molar-refractivity contribution in [1.82, 2.24) is 4.90 Å². The van der Waals surface area contributed by atoms with Crippen LogP contribution in [0, 0.1) is 5.92 Å². The number of nitrogens with one attached hydrogen (secondary N) is 1. The molecule has 2 amide bonds. The molecule has 0 bridgehead atoms. The fourth-order valence-electron chi connectivity index (χ4n) is 4.12. The van der Waals surface area contributed by atoms with Crippen LogP contribution in [0.3, 0.4) is 0 Å². The Balaban J connectivity index is 1.33. The van der Waals surface area contributed by atoms with Crippen molar-refractivity contribution in [2.24, 2.45) is 5.92 Å². The molecular weight excluding hydrogens is 392 g/mol. The molecule has 30 heavy (non-hydrogen) atoms. The molecule has 0 aliphatic carbocycles. The molecule has 162 valence electrons. The van der Waals surface area contributed by atoms with E-state index < -0.39 is 5.97 Å². The third-order valence-electron chi connectivity index (χ3n) is 5.80. The van der Waals surface area contributed by atoms with E-state index in [-0.39, 0.29) is 36.2 Å². The van der Waals surface area contributed by atoms with Crippen molar-refractivity contribution in [3.63, 3.8) is 0 Å². The number of benzene rings is 1. The normalized spacial score (nSPS) is 20.8. The number of likely N-dealkylation sites (tertiary alicyclic amines) is 1. The number of esters is 1. The van der Waals surface area contributed by atoms with Gasteiger partial charge in [-0.05, 0) is 31.6 Å². The second-order valence-corrected chi connectivity index (χ2v) is 7.77. The number of hydrogen-bond acceptors (Lipinski definition) is 7. The van der Waals surface area contributed by atoms with Crippen LogP contribution in [0.5, 0.6) is 11.5 Å². The molecule has 3 aliphatic rings. The first kappa shape index (κ1) is 20.5. The topological polar surface area (TPSA) is 103 Å². The van der Waals surface area contributed by atoms with Gasteiger partial charge in [-0.3, -0.25) is 9.59 Å². The molecule has 9 heteroatoms. The molecule has 1 aromatic rings. The highest BCUT2D eigenvalue weighted by Gasteiger charge is 2.31. The maximum Gasteiger partial charge on any atom is 0.340 e. The first-order chi connectivity index (χ1) is 14.5. The predicted octanol–water partition coefficient (Wildman–Crippen LogP) is 1.95. The highest BCUT2D eigenvalue weighted by molar-refractivity contribution is 6.02. The molecule has 0 aromatic heterocycles. The standard InChI is InChI=1S/C21H26N2O7/c1-27-21(26)14-10-17-18(30-12-29-17)11-15(14)22-19(24)9-13-4-6-23(7-5-13)20(25)16-3-2-8-28-16/h10-11,13,16H,2-9,12H2,1H3,(H,22,24). The van der Waals surface area contributed by atoms with E-state index in [4.69, 9.17) is 18.9 Å². The van der Waals surface area contributed by atoms with Crippen molar-refractivity contribution < 1.29 is 33.3 Å². The Kier molecular flexibility index (Phi) is 6.08. The Bertz CT molecular complexity index is 827. The maximum atomic E-state index is 12.6. The van der Waals surface area contributed by atoms with Gasteiger partial charge in [-0.1, -0.05) is 0 Å². The number of anilines is 1. The predicted molar refractivity (Wildman–Crippen MR) is 105 cm³/mol. The van der Waals surface area contributed by atoms with Crippen LogP contribution in [-0.4, -0.2) is 62.4 Å². The minimum Gasteiger partial charge on any atom is -0.465 e. The van der Waals surface area contributed by atoms with Gasteiger partial charge in [-0.25, -0.2) is 4.79 Å². The average Bonchev–Trinajstić information content (AvgIpc) is 3.44. The summed E-state index contributed by atoms with van der Waals surface area (Å²) in [5.41, 5.74) is 0.550. The Labute approximate surface area is 174 Å². The number of amides is 2. The summed E-state index contributed by atoms with van der Waals surface area (Å²) in [4.78, 5) is 39.0. The molecule has 2 fully saturated rings. The number of ether oxygens (including phenoxy) is 4. The van der Waals surface area contributed by atoms with Gasteiger partial charge in [0.2, 0.25) is 12.7 Å². The van der Waals surface area contributed by atoms with E-state index in [9.17, 15) is 14.4 Å². The number of carbonyl (C=O) groups is 3. The molecule has 3 aliphatic heterocycles. The van der Waals surface area contributed by atoms with Crippen molar-refractivity contribution in [2.45, 2.75) is 38.2 Å². The Hall–Kier alpha value is -2.81. The number of nitrogens with zero attached hydrogens (tertiary/aromatic N) is 1. The van der Waals surface area contributed by atoms with Gasteiger partial charge in [0.15, 0.2) is 11.5 Å². The SMILES string of the molecule is COC(=O)c1cc2c(cc1NC(=O)CC1CCN(C(=O)C3CCCO3)CC1)OCO2. The van der Waals surface area contributed by atoms with Gasteiger partial charge in [-0.2, -0.15) is 0 Å². The summed E-state index contributed by atoms with van der Waals surface area (Å²) < 4.78 is 20.9. The average molecular weight is 418 g/mol. The van der Waals surface area contributed by atoms with E-state index >= 15 is 0 Å². The molecule has 0 radical (unpaired) electrons. The zero-order chi connectivity index (χ0) is 21.1. The third kappa shape index (κ3) is 4.35. The second-order valence-electron chi connectivity index (χ2n) is 7.77. The van der Waals surface area contributed by atoms with Gasteiger partial charge in [0, 0.05) is 38.2 Å². The highest BCUT2D eigenvalue weighted by atomic mass is 16.7. The summed E-state index contributed by atoms with van der Waals surface area (Å²) in [5.74, 6) is 0.399. The maximum absolute atomic E-state index is 12.6. The molecule has 1 unspecified atom stereocenters. The summed E-state index contributed by atoms with van der Waals surface area (Å²) >= 11 is 0. The van der Waals surface area contributed by atoms with Crippen molar-refractivity contribution in [3.05, 3.63) is 17.7 Å². The van der Waals surface area contributed by atoms with E-state index in [1.807, 2.05) is 4.90 Å². The minimum absolute atomic E-state index is 0.0660. The van der Waals surface area contributed by atoms with Gasteiger partial charge in [0.1, 0.15) is 6.10 Å². The Morgan fingerprint density at radius 1 is 1.13 bits per heavy atom. The van der Waals surface area contributed by atoms with Crippen molar-refractivity contribution in [2.75, 3.05) is 38.9 Å². The molecule has 0 saturated carbocycles. The summed E-state index contributed by atoms with van der Waals surface area (Å²) in [7, 11) is 1.28. The molecule has 1 aromatic carbocycles. The van der Waals surface area contributed by atoms with Crippen LogP contribution >= 0.6 is 0 Å². The van der Waals surface area contributed by atoms with Crippen molar-refractivity contribution in [1.29, 1.82) is 0 Å². The van der Waals surface area contributed by atoms with Gasteiger partial charge >= 0.3 is 5.97 Å². The van der Waals surface area contributed by atoms with Crippen LogP contribution in [0.2, 0.25) is 0 Å². The molecule has 0 spiro atoms. The molecule has 1 atom stereocenters. The van der Waals surface area contributed by atoms with E-state index in [0.717, 1.165) is 25.7 Å². The fourth-order valence-corrected chi connectivity index (χ4v) is 4.12. The number of carbonyl (C=O) groups excluding carboxylic acids is 3. The number of methoxy groups -OCH3 is 1. The summed E-state index contributed by atoms with van der Waals surface area (Å²) in [6.07, 6.45) is 3.26. The van der Waals surface area contributed by atoms with Crippen LogP contribution in [0.25, 0.3) is 0 Å². The molecule has 2 saturated heterocycles. The number of piperidine rings is 1. The van der Waals surface area contributed by atoms with Crippen LogP contribution < -0.4 is 14.8 Å². The fraction of sp³-hybridized carbons (Fsp3) is 0.571. The summed E-state index contributed by atoms with van der Waals surface area (Å²) in [5, 5.41) is 2.81. The lowest BCUT2D eigenvalue weighted by atomic mass is 9.92. The van der Waals surface area contributed by atoms with Crippen LogP contribution in [-0.2, 0) is 19.1 Å². The van der Waals surface area contributed by atoms with Crippen LogP contribution in [0.1, 0.15) is 42.5 Å².